The first-order chi connectivity index (χ1) is 19.8. The Labute approximate surface area is 235 Å². The summed E-state index contributed by atoms with van der Waals surface area (Å²) in [6, 6.07) is 26.5. The Balaban J connectivity index is 1.40. The van der Waals surface area contributed by atoms with E-state index in [4.69, 9.17) is 4.74 Å². The van der Waals surface area contributed by atoms with Gasteiger partial charge in [0.25, 0.3) is 11.8 Å². The van der Waals surface area contributed by atoms with Crippen molar-refractivity contribution < 1.29 is 27.5 Å². The van der Waals surface area contributed by atoms with Crippen molar-refractivity contribution in [2.24, 2.45) is 0 Å². The fourth-order valence-corrected chi connectivity index (χ4v) is 4.40. The molecular formula is C33H25F3N2O3. The number of rotatable bonds is 4. The van der Waals surface area contributed by atoms with Crippen molar-refractivity contribution in [2.45, 2.75) is 18.8 Å². The van der Waals surface area contributed by atoms with Gasteiger partial charge in [-0.15, -0.1) is 0 Å². The number of nitrogens with zero attached hydrogens (tertiary/aromatic N) is 1. The third-order valence-corrected chi connectivity index (χ3v) is 6.63. The molecule has 1 aliphatic rings. The minimum Gasteiger partial charge on any atom is -0.410 e. The van der Waals surface area contributed by atoms with E-state index in [2.05, 4.69) is 17.2 Å². The summed E-state index contributed by atoms with van der Waals surface area (Å²) in [6.07, 6.45) is -1.35. The topological polar surface area (TPSA) is 58.6 Å². The Hall–Kier alpha value is -5.03. The molecule has 0 aromatic heterocycles. The van der Waals surface area contributed by atoms with Gasteiger partial charge in [0.15, 0.2) is 0 Å². The van der Waals surface area contributed by atoms with Crippen LogP contribution in [0.15, 0.2) is 97.1 Å². The minimum absolute atomic E-state index is 0.0118. The summed E-state index contributed by atoms with van der Waals surface area (Å²) in [5.41, 5.74) is 3.52. The molecule has 0 radical (unpaired) electrons. The van der Waals surface area contributed by atoms with Crippen molar-refractivity contribution >= 4 is 17.7 Å². The molecule has 0 unspecified atom stereocenters. The second kappa shape index (κ2) is 12.0. The fraction of sp³-hybridized carbons (Fsp3) is 0.152. The second-order valence-electron chi connectivity index (χ2n) is 9.57. The fourth-order valence-electron chi connectivity index (χ4n) is 4.40. The summed E-state index contributed by atoms with van der Waals surface area (Å²) < 4.78 is 45.7. The van der Waals surface area contributed by atoms with Crippen molar-refractivity contribution in [3.63, 3.8) is 0 Å². The maximum Gasteiger partial charge on any atom is 0.417 e. The van der Waals surface area contributed by atoms with Crippen LogP contribution in [-0.4, -0.2) is 35.9 Å². The van der Waals surface area contributed by atoms with Crippen LogP contribution in [0.2, 0.25) is 0 Å². The highest BCUT2D eigenvalue weighted by molar-refractivity contribution is 5.95. The van der Waals surface area contributed by atoms with Gasteiger partial charge in [0.1, 0.15) is 11.6 Å². The Morgan fingerprint density at radius 2 is 1.51 bits per heavy atom. The van der Waals surface area contributed by atoms with Gasteiger partial charge in [-0.1, -0.05) is 48.2 Å². The van der Waals surface area contributed by atoms with Crippen molar-refractivity contribution in [3.8, 4) is 28.7 Å². The predicted octanol–water partition coefficient (Wildman–Crippen LogP) is 7.37. The maximum absolute atomic E-state index is 13.5. The first-order valence-electron chi connectivity index (χ1n) is 13.0. The van der Waals surface area contributed by atoms with E-state index in [1.54, 1.807) is 78.9 Å². The average molecular weight is 555 g/mol. The van der Waals surface area contributed by atoms with Crippen LogP contribution < -0.4 is 10.1 Å². The van der Waals surface area contributed by atoms with E-state index in [-0.39, 0.29) is 37.7 Å². The van der Waals surface area contributed by atoms with Crippen molar-refractivity contribution in [2.75, 3.05) is 18.4 Å². The van der Waals surface area contributed by atoms with E-state index in [0.717, 1.165) is 11.1 Å². The number of piperidine rings is 1. The molecule has 4 aromatic carbocycles. The monoisotopic (exact) mass is 554 g/mol. The lowest BCUT2D eigenvalue weighted by Crippen LogP contribution is -2.42. The summed E-state index contributed by atoms with van der Waals surface area (Å²) in [5.74, 6) is 3.12. The van der Waals surface area contributed by atoms with Gasteiger partial charge in [-0.3, -0.25) is 10.1 Å². The standard InChI is InChI=1S/C33H25F3N2O3/c34-27-14-7-23(8-15-27)6-9-26-22-28(37-32(40)41-29-4-2-1-3-5-29)16-17-30(26)24-10-12-25(13-11-24)31(39)38-20-18-33(35,36)19-21-38/h1-5,7-8,10-17,22H,18-21H2,(H,37,40). The highest BCUT2D eigenvalue weighted by Crippen LogP contribution is 2.30. The number of likely N-dealkylation sites (tertiary alicyclic amines) is 1. The summed E-state index contributed by atoms with van der Waals surface area (Å²) in [5, 5.41) is 2.70. The van der Waals surface area contributed by atoms with E-state index in [0.29, 0.717) is 28.1 Å². The molecule has 0 spiro atoms. The SMILES string of the molecule is O=C(Nc1ccc(-c2ccc(C(=O)N3CCC(F)(F)CC3)cc2)c(C#Cc2ccc(F)cc2)c1)Oc1ccccc1. The van der Waals surface area contributed by atoms with E-state index in [9.17, 15) is 22.8 Å². The van der Waals surface area contributed by atoms with E-state index in [1.807, 2.05) is 6.07 Å². The van der Waals surface area contributed by atoms with E-state index in [1.165, 1.54) is 17.0 Å². The first-order valence-corrected chi connectivity index (χ1v) is 13.0. The van der Waals surface area contributed by atoms with Gasteiger partial charge in [-0.2, -0.15) is 0 Å². The molecule has 5 rings (SSSR count). The number of carbonyl (C=O) groups excluding carboxylic acids is 2. The Morgan fingerprint density at radius 3 is 2.20 bits per heavy atom. The normalized spacial score (nSPS) is 14.0. The van der Waals surface area contributed by atoms with Crippen LogP contribution in [0.1, 0.15) is 34.3 Å². The molecule has 5 nitrogen and oxygen atoms in total. The van der Waals surface area contributed by atoms with Crippen LogP contribution in [0.4, 0.5) is 23.7 Å². The average Bonchev–Trinajstić information content (AvgIpc) is 2.97. The molecule has 8 heteroatoms. The highest BCUT2D eigenvalue weighted by atomic mass is 19.3. The van der Waals surface area contributed by atoms with Crippen molar-refractivity contribution in [1.82, 2.24) is 4.90 Å². The van der Waals surface area contributed by atoms with Crippen molar-refractivity contribution in [3.05, 3.63) is 120 Å². The highest BCUT2D eigenvalue weighted by Gasteiger charge is 2.35. The Morgan fingerprint density at radius 1 is 0.829 bits per heavy atom. The molecule has 4 aromatic rings. The third kappa shape index (κ3) is 7.14. The molecule has 2 amide bonds. The number of hydrogen-bond acceptors (Lipinski definition) is 3. The number of benzene rings is 4. The molecule has 1 aliphatic heterocycles. The van der Waals surface area contributed by atoms with Crippen LogP contribution in [0.3, 0.4) is 0 Å². The number of alkyl halides is 2. The van der Waals surface area contributed by atoms with Crippen LogP contribution >= 0.6 is 0 Å². The Bertz CT molecular complexity index is 1600. The van der Waals surface area contributed by atoms with Crippen LogP contribution in [-0.2, 0) is 0 Å². The van der Waals surface area contributed by atoms with Gasteiger partial charge in [0.05, 0.1) is 0 Å². The van der Waals surface area contributed by atoms with Gasteiger partial charge in [-0.05, 0) is 71.8 Å². The van der Waals surface area contributed by atoms with E-state index >= 15 is 0 Å². The van der Waals surface area contributed by atoms with Crippen molar-refractivity contribution in [1.29, 1.82) is 0 Å². The summed E-state index contributed by atoms with van der Waals surface area (Å²) in [7, 11) is 0. The summed E-state index contributed by atoms with van der Waals surface area (Å²) in [4.78, 5) is 26.8. The summed E-state index contributed by atoms with van der Waals surface area (Å²) >= 11 is 0. The van der Waals surface area contributed by atoms with E-state index < -0.39 is 12.0 Å². The van der Waals surface area contributed by atoms with Gasteiger partial charge in [0, 0.05) is 48.3 Å². The van der Waals surface area contributed by atoms with Gasteiger partial charge >= 0.3 is 6.09 Å². The molecule has 0 saturated carbocycles. The molecule has 206 valence electrons. The predicted molar refractivity (Wildman–Crippen MR) is 150 cm³/mol. The molecule has 1 N–H and O–H groups in total. The zero-order valence-electron chi connectivity index (χ0n) is 21.9. The molecule has 0 bridgehead atoms. The zero-order valence-corrected chi connectivity index (χ0v) is 21.9. The molecule has 1 fully saturated rings. The molecule has 1 heterocycles. The maximum atomic E-state index is 13.5. The number of carbonyl (C=O) groups is 2. The number of hydrogen-bond donors (Lipinski definition) is 1. The largest absolute Gasteiger partial charge is 0.417 e. The minimum atomic E-state index is -2.73. The lowest BCUT2D eigenvalue weighted by atomic mass is 9.97. The Kier molecular flexibility index (Phi) is 8.06. The number of ether oxygens (including phenoxy) is 1. The molecule has 41 heavy (non-hydrogen) atoms. The van der Waals surface area contributed by atoms with Gasteiger partial charge in [-0.25, -0.2) is 18.0 Å². The second-order valence-corrected chi connectivity index (χ2v) is 9.57. The number of anilines is 1. The molecule has 1 saturated heterocycles. The van der Waals surface area contributed by atoms with Gasteiger partial charge < -0.3 is 9.64 Å². The van der Waals surface area contributed by atoms with Crippen LogP contribution in [0, 0.1) is 17.7 Å². The number of halogens is 3. The summed E-state index contributed by atoms with van der Waals surface area (Å²) in [6.45, 7) is 0.0236. The van der Waals surface area contributed by atoms with Crippen LogP contribution in [0.5, 0.6) is 5.75 Å². The lowest BCUT2D eigenvalue weighted by Gasteiger charge is -2.31. The number of para-hydroxylation sites is 1. The quantitative estimate of drug-likeness (QED) is 0.268. The molecule has 0 aliphatic carbocycles. The number of nitrogens with one attached hydrogen (secondary N) is 1. The van der Waals surface area contributed by atoms with Crippen LogP contribution in [0.25, 0.3) is 11.1 Å². The third-order valence-electron chi connectivity index (χ3n) is 6.63. The smallest absolute Gasteiger partial charge is 0.410 e. The molecule has 0 atom stereocenters. The van der Waals surface area contributed by atoms with Gasteiger partial charge in [0.2, 0.25) is 0 Å². The molecular weight excluding hydrogens is 529 g/mol. The first kappa shape index (κ1) is 27.5. The lowest BCUT2D eigenvalue weighted by molar-refractivity contribution is -0.0494. The number of amides is 2. The zero-order chi connectivity index (χ0) is 28.8.